The summed E-state index contributed by atoms with van der Waals surface area (Å²) >= 11 is 0. The summed E-state index contributed by atoms with van der Waals surface area (Å²) in [7, 11) is 0. The minimum Gasteiger partial charge on any atom is -0.299 e. The highest BCUT2D eigenvalue weighted by Crippen LogP contribution is 2.76. The van der Waals surface area contributed by atoms with E-state index in [-0.39, 0.29) is 11.6 Å². The van der Waals surface area contributed by atoms with E-state index in [1.54, 1.807) is 0 Å². The highest BCUT2D eigenvalue weighted by atomic mass is 17.0. The topological polar surface area (TPSA) is 25.1 Å². The fourth-order valence-electron chi connectivity index (χ4n) is 2.00. The normalized spacial score (nSPS) is 44.3. The summed E-state index contributed by atoms with van der Waals surface area (Å²) in [4.78, 5) is 0. The quantitative estimate of drug-likeness (QED) is 0.536. The molecule has 0 bridgehead atoms. The van der Waals surface area contributed by atoms with E-state index < -0.39 is 0 Å². The van der Waals surface area contributed by atoms with Gasteiger partial charge in [0.15, 0.2) is 0 Å². The first-order valence-electron chi connectivity index (χ1n) is 4.05. The standard InChI is InChI=1S/C10H6O2/c1-2-4-8-7(3-1)5-6-9-10(8,11-9)12-9/h1-6H. The average molecular weight is 158 g/mol. The SMILES string of the molecule is C1=CC23OC2(O3)c2ccccc21. The second kappa shape index (κ2) is 1.26. The molecule has 1 aromatic rings. The van der Waals surface area contributed by atoms with Crippen LogP contribution in [0.1, 0.15) is 11.1 Å². The Morgan fingerprint density at radius 3 is 2.83 bits per heavy atom. The first kappa shape index (κ1) is 5.51. The van der Waals surface area contributed by atoms with Crippen LogP contribution in [0.5, 0.6) is 0 Å². The molecule has 0 N–H and O–H groups in total. The molecular weight excluding hydrogens is 152 g/mol. The van der Waals surface area contributed by atoms with Gasteiger partial charge in [-0.1, -0.05) is 30.3 Å². The Morgan fingerprint density at radius 2 is 1.92 bits per heavy atom. The van der Waals surface area contributed by atoms with E-state index in [0.29, 0.717) is 0 Å². The van der Waals surface area contributed by atoms with Crippen molar-refractivity contribution in [2.75, 3.05) is 0 Å². The van der Waals surface area contributed by atoms with Crippen molar-refractivity contribution in [2.45, 2.75) is 11.6 Å². The fraction of sp³-hybridized carbons (Fsp3) is 0.200. The summed E-state index contributed by atoms with van der Waals surface area (Å²) in [6.45, 7) is 0. The van der Waals surface area contributed by atoms with E-state index in [1.807, 2.05) is 18.2 Å². The minimum absolute atomic E-state index is 0.346. The summed E-state index contributed by atoms with van der Waals surface area (Å²) in [5, 5.41) is 0. The van der Waals surface area contributed by atoms with E-state index in [4.69, 9.17) is 9.47 Å². The van der Waals surface area contributed by atoms with Gasteiger partial charge in [-0.2, -0.15) is 0 Å². The molecule has 1 aliphatic carbocycles. The summed E-state index contributed by atoms with van der Waals surface area (Å²) < 4.78 is 10.9. The van der Waals surface area contributed by atoms with E-state index >= 15 is 0 Å². The van der Waals surface area contributed by atoms with Crippen molar-refractivity contribution in [3.63, 3.8) is 0 Å². The minimum atomic E-state index is -0.363. The van der Waals surface area contributed by atoms with E-state index in [2.05, 4.69) is 18.2 Å². The lowest BCUT2D eigenvalue weighted by Gasteiger charge is -2.03. The molecular formula is C10H6O2. The second-order valence-electron chi connectivity index (χ2n) is 3.41. The molecule has 2 fully saturated rings. The zero-order valence-electron chi connectivity index (χ0n) is 6.28. The molecule has 0 spiro atoms. The van der Waals surface area contributed by atoms with Crippen molar-refractivity contribution in [1.82, 2.24) is 0 Å². The number of benzene rings is 1. The van der Waals surface area contributed by atoms with Gasteiger partial charge >= 0.3 is 0 Å². The van der Waals surface area contributed by atoms with Crippen molar-refractivity contribution in [3.05, 3.63) is 41.5 Å². The van der Waals surface area contributed by atoms with Crippen molar-refractivity contribution >= 4 is 6.08 Å². The van der Waals surface area contributed by atoms with Gasteiger partial charge < -0.3 is 0 Å². The molecule has 2 saturated heterocycles. The number of hydrogen-bond donors (Lipinski definition) is 0. The smallest absolute Gasteiger partial charge is 0.261 e. The maximum absolute atomic E-state index is 5.46. The lowest BCUT2D eigenvalue weighted by Crippen LogP contribution is -1.99. The third kappa shape index (κ3) is 0.365. The number of hydrogen-bond acceptors (Lipinski definition) is 2. The molecule has 3 aliphatic rings. The predicted molar refractivity (Wildman–Crippen MR) is 42.1 cm³/mol. The van der Waals surface area contributed by atoms with Gasteiger partial charge in [-0.3, -0.25) is 9.47 Å². The highest BCUT2D eigenvalue weighted by molar-refractivity contribution is 5.66. The van der Waals surface area contributed by atoms with Gasteiger partial charge in [0.1, 0.15) is 0 Å². The molecule has 2 aliphatic heterocycles. The summed E-state index contributed by atoms with van der Waals surface area (Å²) in [5.74, 6) is -0.709. The van der Waals surface area contributed by atoms with Crippen LogP contribution in [0.4, 0.5) is 0 Å². The molecule has 12 heavy (non-hydrogen) atoms. The van der Waals surface area contributed by atoms with Gasteiger partial charge in [-0.05, 0) is 11.6 Å². The lowest BCUT2D eigenvalue weighted by atomic mass is 9.98. The molecule has 1 aromatic carbocycles. The van der Waals surface area contributed by atoms with Gasteiger partial charge in [0.05, 0.1) is 0 Å². The van der Waals surface area contributed by atoms with Gasteiger partial charge in [-0.15, -0.1) is 0 Å². The second-order valence-corrected chi connectivity index (χ2v) is 3.41. The van der Waals surface area contributed by atoms with Gasteiger partial charge in [0.25, 0.3) is 11.6 Å². The monoisotopic (exact) mass is 158 g/mol. The molecule has 2 heteroatoms. The van der Waals surface area contributed by atoms with Crippen LogP contribution in [0.3, 0.4) is 0 Å². The lowest BCUT2D eigenvalue weighted by molar-refractivity contribution is -0.0799. The zero-order valence-corrected chi connectivity index (χ0v) is 6.28. The van der Waals surface area contributed by atoms with Crippen molar-refractivity contribution < 1.29 is 9.47 Å². The Labute approximate surface area is 69.4 Å². The van der Waals surface area contributed by atoms with Crippen LogP contribution in [-0.4, -0.2) is 5.79 Å². The summed E-state index contributed by atoms with van der Waals surface area (Å²) in [5.41, 5.74) is 2.38. The van der Waals surface area contributed by atoms with Crippen molar-refractivity contribution in [2.24, 2.45) is 0 Å². The molecule has 2 nitrogen and oxygen atoms in total. The summed E-state index contributed by atoms with van der Waals surface area (Å²) in [6, 6.07) is 8.18. The van der Waals surface area contributed by atoms with Crippen LogP contribution >= 0.6 is 0 Å². The summed E-state index contributed by atoms with van der Waals surface area (Å²) in [6.07, 6.45) is 4.06. The number of epoxide rings is 2. The molecule has 2 heterocycles. The molecule has 0 aromatic heterocycles. The maximum atomic E-state index is 5.46. The van der Waals surface area contributed by atoms with Crippen LogP contribution in [-0.2, 0) is 15.3 Å². The van der Waals surface area contributed by atoms with Gasteiger partial charge in [0, 0.05) is 5.56 Å². The highest BCUT2D eigenvalue weighted by Gasteiger charge is 2.92. The van der Waals surface area contributed by atoms with Crippen LogP contribution in [0, 0.1) is 0 Å². The molecule has 0 saturated carbocycles. The van der Waals surface area contributed by atoms with Crippen LogP contribution in [0.15, 0.2) is 30.3 Å². The predicted octanol–water partition coefficient (Wildman–Crippen LogP) is 1.62. The number of ether oxygens (including phenoxy) is 2. The van der Waals surface area contributed by atoms with E-state index in [9.17, 15) is 0 Å². The Kier molecular flexibility index (Phi) is 0.578. The van der Waals surface area contributed by atoms with Crippen LogP contribution in [0.2, 0.25) is 0 Å². The zero-order chi connectivity index (χ0) is 7.81. The maximum Gasteiger partial charge on any atom is 0.261 e. The Bertz CT molecular complexity index is 414. The van der Waals surface area contributed by atoms with Crippen LogP contribution < -0.4 is 0 Å². The third-order valence-electron chi connectivity index (χ3n) is 2.76. The largest absolute Gasteiger partial charge is 0.299 e. The molecule has 58 valence electrons. The van der Waals surface area contributed by atoms with Gasteiger partial charge in [0.2, 0.25) is 0 Å². The Balaban J connectivity index is 2.09. The fourth-order valence-corrected chi connectivity index (χ4v) is 2.00. The molecule has 0 atom stereocenters. The first-order chi connectivity index (χ1) is 5.86. The molecule has 4 rings (SSSR count). The van der Waals surface area contributed by atoms with Crippen LogP contribution in [0.25, 0.3) is 6.08 Å². The van der Waals surface area contributed by atoms with Gasteiger partial charge in [-0.25, -0.2) is 0 Å². The Morgan fingerprint density at radius 1 is 1.08 bits per heavy atom. The Hall–Kier alpha value is -1.12. The first-order valence-corrected chi connectivity index (χ1v) is 4.05. The number of fused-ring (bicyclic) bond motifs is 1. The molecule has 0 unspecified atom stereocenters. The van der Waals surface area contributed by atoms with Crippen molar-refractivity contribution in [1.29, 1.82) is 0 Å². The van der Waals surface area contributed by atoms with E-state index in [1.165, 1.54) is 11.1 Å². The van der Waals surface area contributed by atoms with Crippen molar-refractivity contribution in [3.8, 4) is 0 Å². The third-order valence-corrected chi connectivity index (χ3v) is 2.76. The molecule has 0 radical (unpaired) electrons. The van der Waals surface area contributed by atoms with E-state index in [0.717, 1.165) is 0 Å². The molecule has 0 amide bonds. The number of rotatable bonds is 0. The average Bonchev–Trinajstić information content (AvgIpc) is 2.89.